The van der Waals surface area contributed by atoms with Gasteiger partial charge in [-0.3, -0.25) is 24.3 Å². The average Bonchev–Trinajstić information content (AvgIpc) is 2.56. The Morgan fingerprint density at radius 1 is 1.40 bits per heavy atom. The number of rotatable bonds is 6. The number of anilines is 1. The molecular weight excluding hydrogens is 326 g/mol. The van der Waals surface area contributed by atoms with Crippen molar-refractivity contribution in [2.45, 2.75) is 26.8 Å². The van der Waals surface area contributed by atoms with E-state index in [1.165, 1.54) is 13.8 Å². The average molecular weight is 345 g/mol. The van der Waals surface area contributed by atoms with E-state index in [0.717, 1.165) is 16.8 Å². The first kappa shape index (κ1) is 18.2. The monoisotopic (exact) mass is 345 g/mol. The van der Waals surface area contributed by atoms with Gasteiger partial charge in [0.1, 0.15) is 11.8 Å². The molecule has 25 heavy (non-hydrogen) atoms. The van der Waals surface area contributed by atoms with Gasteiger partial charge in [-0.1, -0.05) is 12.1 Å². The van der Waals surface area contributed by atoms with Crippen molar-refractivity contribution in [3.05, 3.63) is 62.6 Å². The lowest BCUT2D eigenvalue weighted by molar-refractivity contribution is -0.386. The molecule has 0 aliphatic rings. The molecule has 1 atom stereocenters. The van der Waals surface area contributed by atoms with Crippen LogP contribution < -0.4 is 15.6 Å². The molecule has 1 N–H and O–H groups in total. The maximum absolute atomic E-state index is 12.5. The van der Waals surface area contributed by atoms with Crippen LogP contribution in [0.25, 0.3) is 0 Å². The number of nitro groups is 1. The number of nitrogens with zero attached hydrogens (tertiary/aromatic N) is 2. The fraction of sp³-hybridized carbons (Fsp3) is 0.294. The Balaban J connectivity index is 2.31. The predicted molar refractivity (Wildman–Crippen MR) is 93.0 cm³/mol. The number of benzene rings is 1. The summed E-state index contributed by atoms with van der Waals surface area (Å²) in [6, 6.07) is 7.13. The molecule has 1 aromatic heterocycles. The van der Waals surface area contributed by atoms with Gasteiger partial charge in [0.2, 0.25) is 5.91 Å². The minimum Gasteiger partial charge on any atom is -0.492 e. The van der Waals surface area contributed by atoms with E-state index in [-0.39, 0.29) is 11.3 Å². The molecule has 0 aliphatic heterocycles. The summed E-state index contributed by atoms with van der Waals surface area (Å²) in [7, 11) is 0. The van der Waals surface area contributed by atoms with Crippen LogP contribution in [0, 0.1) is 17.0 Å². The molecule has 0 fully saturated rings. The molecule has 2 aromatic rings. The summed E-state index contributed by atoms with van der Waals surface area (Å²) in [6.07, 6.45) is 1.09. The Kier molecular flexibility index (Phi) is 5.53. The Hall–Kier alpha value is -3.16. The van der Waals surface area contributed by atoms with Crippen LogP contribution in [0.5, 0.6) is 5.75 Å². The largest absolute Gasteiger partial charge is 0.492 e. The number of nitrogens with one attached hydrogen (secondary N) is 1. The zero-order chi connectivity index (χ0) is 18.6. The third-order valence-electron chi connectivity index (χ3n) is 3.70. The summed E-state index contributed by atoms with van der Waals surface area (Å²) in [5, 5.41) is 13.7. The highest BCUT2D eigenvalue weighted by atomic mass is 16.6. The van der Waals surface area contributed by atoms with Crippen LogP contribution in [0.4, 0.5) is 11.4 Å². The quantitative estimate of drug-likeness (QED) is 0.640. The van der Waals surface area contributed by atoms with E-state index in [1.54, 1.807) is 24.3 Å². The minimum absolute atomic E-state index is 0.214. The Morgan fingerprint density at radius 2 is 2.08 bits per heavy atom. The zero-order valence-electron chi connectivity index (χ0n) is 14.2. The number of carbonyl (C=O) groups is 1. The smallest absolute Gasteiger partial charge is 0.288 e. The molecule has 0 radical (unpaired) electrons. The fourth-order valence-electron chi connectivity index (χ4n) is 2.34. The standard InChI is InChI=1S/C17H19N3O5/c1-4-25-15-8-6-5-7-13(15)18-17(22)12(3)19-10-14(20(23)24)11(2)9-16(19)21/h5-10,12H,4H2,1-3H3,(H,18,22). The van der Waals surface area contributed by atoms with Crippen LogP contribution >= 0.6 is 0 Å². The van der Waals surface area contributed by atoms with Gasteiger partial charge in [-0.15, -0.1) is 0 Å². The van der Waals surface area contributed by atoms with Gasteiger partial charge in [0, 0.05) is 11.6 Å². The number of aromatic nitrogens is 1. The number of amides is 1. The minimum atomic E-state index is -0.929. The normalized spacial score (nSPS) is 11.6. The SMILES string of the molecule is CCOc1ccccc1NC(=O)C(C)n1cc([N+](=O)[O-])c(C)cc1=O. The lowest BCUT2D eigenvalue weighted by atomic mass is 10.2. The summed E-state index contributed by atoms with van der Waals surface area (Å²) < 4.78 is 6.49. The molecule has 0 aliphatic carbocycles. The number of aryl methyl sites for hydroxylation is 1. The van der Waals surface area contributed by atoms with Gasteiger partial charge in [0.15, 0.2) is 0 Å². The van der Waals surface area contributed by atoms with E-state index in [9.17, 15) is 19.7 Å². The molecule has 8 heteroatoms. The van der Waals surface area contributed by atoms with Gasteiger partial charge in [0.05, 0.1) is 23.4 Å². The first-order valence-electron chi connectivity index (χ1n) is 7.75. The Morgan fingerprint density at radius 3 is 2.72 bits per heavy atom. The van der Waals surface area contributed by atoms with Crippen molar-refractivity contribution in [3.8, 4) is 5.75 Å². The summed E-state index contributed by atoms with van der Waals surface area (Å²) >= 11 is 0. The molecule has 1 amide bonds. The van der Waals surface area contributed by atoms with Gasteiger partial charge in [0.25, 0.3) is 11.2 Å². The number of hydrogen-bond acceptors (Lipinski definition) is 5. The van der Waals surface area contributed by atoms with E-state index in [1.807, 2.05) is 6.92 Å². The van der Waals surface area contributed by atoms with Gasteiger partial charge in [-0.05, 0) is 32.9 Å². The lowest BCUT2D eigenvalue weighted by Crippen LogP contribution is -2.31. The van der Waals surface area contributed by atoms with Gasteiger partial charge in [-0.25, -0.2) is 0 Å². The molecule has 1 unspecified atom stereocenters. The second kappa shape index (κ2) is 7.61. The summed E-state index contributed by atoms with van der Waals surface area (Å²) in [5.41, 5.74) is 0.0224. The van der Waals surface area contributed by atoms with E-state index >= 15 is 0 Å². The van der Waals surface area contributed by atoms with Crippen LogP contribution in [0.1, 0.15) is 25.5 Å². The summed E-state index contributed by atoms with van der Waals surface area (Å²) in [6.45, 7) is 5.24. The van der Waals surface area contributed by atoms with Crippen LogP contribution in [0.2, 0.25) is 0 Å². The molecular formula is C17H19N3O5. The van der Waals surface area contributed by atoms with Crippen molar-refractivity contribution in [2.24, 2.45) is 0 Å². The van der Waals surface area contributed by atoms with E-state index < -0.39 is 22.4 Å². The molecule has 132 valence electrons. The zero-order valence-corrected chi connectivity index (χ0v) is 14.2. The third-order valence-corrected chi connectivity index (χ3v) is 3.70. The Bertz CT molecular complexity index is 860. The molecule has 0 saturated carbocycles. The van der Waals surface area contributed by atoms with E-state index in [2.05, 4.69) is 5.32 Å². The van der Waals surface area contributed by atoms with Crippen LogP contribution in [-0.2, 0) is 4.79 Å². The molecule has 1 heterocycles. The fourth-order valence-corrected chi connectivity index (χ4v) is 2.34. The molecule has 8 nitrogen and oxygen atoms in total. The topological polar surface area (TPSA) is 103 Å². The second-order valence-electron chi connectivity index (χ2n) is 5.44. The van der Waals surface area contributed by atoms with Gasteiger partial charge in [-0.2, -0.15) is 0 Å². The number of hydrogen-bond donors (Lipinski definition) is 1. The van der Waals surface area contributed by atoms with Crippen molar-refractivity contribution in [1.82, 2.24) is 4.57 Å². The molecule has 0 saturated heterocycles. The van der Waals surface area contributed by atoms with E-state index in [0.29, 0.717) is 18.0 Å². The molecule has 2 rings (SSSR count). The molecule has 0 bridgehead atoms. The summed E-state index contributed by atoms with van der Waals surface area (Å²) in [4.78, 5) is 35.1. The third kappa shape index (κ3) is 4.03. The van der Waals surface area contributed by atoms with Crippen molar-refractivity contribution >= 4 is 17.3 Å². The number of ether oxygens (including phenoxy) is 1. The van der Waals surface area contributed by atoms with Crippen LogP contribution in [-0.4, -0.2) is 22.0 Å². The lowest BCUT2D eigenvalue weighted by Gasteiger charge is -2.17. The number of carbonyl (C=O) groups excluding carboxylic acids is 1. The van der Waals surface area contributed by atoms with Crippen molar-refractivity contribution < 1.29 is 14.5 Å². The first-order valence-corrected chi connectivity index (χ1v) is 7.75. The van der Waals surface area contributed by atoms with Crippen molar-refractivity contribution in [3.63, 3.8) is 0 Å². The Labute approximate surface area is 144 Å². The predicted octanol–water partition coefficient (Wildman–Crippen LogP) is 2.66. The number of para-hydroxylation sites is 2. The second-order valence-corrected chi connectivity index (χ2v) is 5.44. The van der Waals surface area contributed by atoms with Gasteiger partial charge < -0.3 is 10.1 Å². The molecule has 0 spiro atoms. The number of pyridine rings is 1. The van der Waals surface area contributed by atoms with Crippen molar-refractivity contribution in [2.75, 3.05) is 11.9 Å². The highest BCUT2D eigenvalue weighted by Gasteiger charge is 2.21. The van der Waals surface area contributed by atoms with Crippen molar-refractivity contribution in [1.29, 1.82) is 0 Å². The molecule has 1 aromatic carbocycles. The first-order chi connectivity index (χ1) is 11.8. The maximum Gasteiger partial charge on any atom is 0.288 e. The van der Waals surface area contributed by atoms with E-state index in [4.69, 9.17) is 4.74 Å². The highest BCUT2D eigenvalue weighted by molar-refractivity contribution is 5.94. The van der Waals surface area contributed by atoms with Crippen LogP contribution in [0.3, 0.4) is 0 Å². The van der Waals surface area contributed by atoms with Crippen LogP contribution in [0.15, 0.2) is 41.3 Å². The maximum atomic E-state index is 12.5. The van der Waals surface area contributed by atoms with Gasteiger partial charge >= 0.3 is 0 Å². The highest BCUT2D eigenvalue weighted by Crippen LogP contribution is 2.25. The summed E-state index contributed by atoms with van der Waals surface area (Å²) in [5.74, 6) is 0.0280.